The standard InChI is InChI=1S/C34H30F3N5OS/c1-21-19-27(22(2)42(21)25-12-8-11-24(20-25)34(35,36)37)32-31(29-14-5-6-17-38-29)40-33(44)41(32)18-16-30(43)39-28-15-7-10-23-9-3-4-13-26(23)28/h3-15,17,19-20,31-32H,16,18H2,1-2H3,(H,39,43)(H,40,44)/t31-,32+/m1/s1. The summed E-state index contributed by atoms with van der Waals surface area (Å²) in [5, 5.41) is 8.91. The number of alkyl halides is 3. The Bertz CT molecular complexity index is 1850. The molecule has 1 aliphatic rings. The molecule has 0 aliphatic carbocycles. The van der Waals surface area contributed by atoms with Crippen LogP contribution in [0.3, 0.4) is 0 Å². The number of hydrogen-bond donors (Lipinski definition) is 2. The van der Waals surface area contributed by atoms with Crippen molar-refractivity contribution in [1.82, 2.24) is 19.8 Å². The molecule has 0 saturated carbocycles. The van der Waals surface area contributed by atoms with E-state index in [0.717, 1.165) is 51.2 Å². The Kier molecular flexibility index (Phi) is 7.85. The number of nitrogens with zero attached hydrogens (tertiary/aromatic N) is 3. The first-order chi connectivity index (χ1) is 21.1. The number of nitrogens with one attached hydrogen (secondary N) is 2. The third kappa shape index (κ3) is 5.65. The average molecular weight is 614 g/mol. The molecule has 3 heterocycles. The second kappa shape index (κ2) is 11.8. The molecule has 0 bridgehead atoms. The molecule has 2 atom stereocenters. The van der Waals surface area contributed by atoms with Crippen LogP contribution in [0.15, 0.2) is 97.2 Å². The fourth-order valence-corrected chi connectivity index (χ4v) is 6.39. The molecule has 5 aromatic rings. The fraction of sp³-hybridized carbons (Fsp3) is 0.206. The number of amides is 1. The average Bonchev–Trinajstić information content (AvgIpc) is 3.50. The summed E-state index contributed by atoms with van der Waals surface area (Å²) in [7, 11) is 0. The molecule has 224 valence electrons. The van der Waals surface area contributed by atoms with Crippen molar-refractivity contribution in [1.29, 1.82) is 0 Å². The normalized spacial score (nSPS) is 16.8. The van der Waals surface area contributed by atoms with Gasteiger partial charge in [-0.3, -0.25) is 9.78 Å². The van der Waals surface area contributed by atoms with E-state index >= 15 is 0 Å². The van der Waals surface area contributed by atoms with Crippen molar-refractivity contribution in [2.45, 2.75) is 38.5 Å². The highest BCUT2D eigenvalue weighted by Gasteiger charge is 2.41. The minimum atomic E-state index is -4.46. The van der Waals surface area contributed by atoms with Crippen molar-refractivity contribution in [3.8, 4) is 5.69 Å². The van der Waals surface area contributed by atoms with Gasteiger partial charge < -0.3 is 20.1 Å². The van der Waals surface area contributed by atoms with E-state index in [0.29, 0.717) is 17.3 Å². The van der Waals surface area contributed by atoms with E-state index in [1.807, 2.05) is 90.0 Å². The van der Waals surface area contributed by atoms with E-state index in [2.05, 4.69) is 15.6 Å². The summed E-state index contributed by atoms with van der Waals surface area (Å²) in [5.41, 5.74) is 3.67. The van der Waals surface area contributed by atoms with Gasteiger partial charge in [-0.15, -0.1) is 0 Å². The second-order valence-electron chi connectivity index (χ2n) is 10.9. The van der Waals surface area contributed by atoms with Gasteiger partial charge in [-0.2, -0.15) is 13.2 Å². The minimum Gasteiger partial charge on any atom is -0.352 e. The highest BCUT2D eigenvalue weighted by Crippen LogP contribution is 2.42. The van der Waals surface area contributed by atoms with Gasteiger partial charge in [0.15, 0.2) is 5.11 Å². The van der Waals surface area contributed by atoms with Crippen molar-refractivity contribution in [3.05, 3.63) is 125 Å². The summed E-state index contributed by atoms with van der Waals surface area (Å²) < 4.78 is 42.5. The lowest BCUT2D eigenvalue weighted by atomic mass is 9.96. The zero-order chi connectivity index (χ0) is 31.0. The predicted octanol–water partition coefficient (Wildman–Crippen LogP) is 7.66. The molecule has 10 heteroatoms. The number of aromatic nitrogens is 2. The molecule has 6 rings (SSSR count). The van der Waals surface area contributed by atoms with E-state index < -0.39 is 11.7 Å². The molecule has 6 nitrogen and oxygen atoms in total. The van der Waals surface area contributed by atoms with E-state index in [1.54, 1.807) is 12.3 Å². The largest absolute Gasteiger partial charge is 0.416 e. The van der Waals surface area contributed by atoms with Gasteiger partial charge in [-0.25, -0.2) is 0 Å². The lowest BCUT2D eigenvalue weighted by Crippen LogP contribution is -2.33. The summed E-state index contributed by atoms with van der Waals surface area (Å²) in [4.78, 5) is 19.8. The molecule has 1 amide bonds. The van der Waals surface area contributed by atoms with Gasteiger partial charge in [-0.1, -0.05) is 48.5 Å². The molecule has 1 saturated heterocycles. The SMILES string of the molecule is Cc1cc([C@H]2[C@@H](c3ccccn3)NC(=S)N2CCC(=O)Nc2cccc3ccccc23)c(C)n1-c1cccc(C(F)(F)F)c1. The number of carbonyl (C=O) groups is 1. The van der Waals surface area contributed by atoms with Crippen molar-refractivity contribution in [2.75, 3.05) is 11.9 Å². The number of benzene rings is 3. The van der Waals surface area contributed by atoms with Gasteiger partial charge in [-0.05, 0) is 79.5 Å². The van der Waals surface area contributed by atoms with Crippen LogP contribution in [0.5, 0.6) is 0 Å². The van der Waals surface area contributed by atoms with Crippen LogP contribution in [0.2, 0.25) is 0 Å². The number of aryl methyl sites for hydroxylation is 1. The Labute approximate surface area is 258 Å². The Morgan fingerprint density at radius 3 is 2.50 bits per heavy atom. The molecule has 0 radical (unpaired) electrons. The van der Waals surface area contributed by atoms with Crippen molar-refractivity contribution < 1.29 is 18.0 Å². The van der Waals surface area contributed by atoms with Crippen LogP contribution in [-0.4, -0.2) is 32.0 Å². The number of halogens is 3. The molecular weight excluding hydrogens is 583 g/mol. The van der Waals surface area contributed by atoms with Crippen LogP contribution in [-0.2, 0) is 11.0 Å². The Hall–Kier alpha value is -4.70. The number of rotatable bonds is 7. The monoisotopic (exact) mass is 613 g/mol. The van der Waals surface area contributed by atoms with Gasteiger partial charge in [0, 0.05) is 47.3 Å². The number of carbonyl (C=O) groups excluding carboxylic acids is 1. The topological polar surface area (TPSA) is 62.2 Å². The Morgan fingerprint density at radius 1 is 0.977 bits per heavy atom. The molecule has 0 spiro atoms. The maximum atomic E-state index is 13.6. The number of thiocarbonyl (C=S) groups is 1. The summed E-state index contributed by atoms with van der Waals surface area (Å²) in [5.74, 6) is -0.154. The van der Waals surface area contributed by atoms with Crippen LogP contribution in [0.4, 0.5) is 18.9 Å². The second-order valence-corrected chi connectivity index (χ2v) is 11.2. The smallest absolute Gasteiger partial charge is 0.352 e. The van der Waals surface area contributed by atoms with Gasteiger partial charge >= 0.3 is 6.18 Å². The maximum Gasteiger partial charge on any atom is 0.416 e. The van der Waals surface area contributed by atoms with Gasteiger partial charge in [0.25, 0.3) is 0 Å². The van der Waals surface area contributed by atoms with Crippen molar-refractivity contribution >= 4 is 39.7 Å². The van der Waals surface area contributed by atoms with Gasteiger partial charge in [0.1, 0.15) is 0 Å². The van der Waals surface area contributed by atoms with E-state index in [9.17, 15) is 18.0 Å². The zero-order valence-electron chi connectivity index (χ0n) is 24.1. The number of hydrogen-bond acceptors (Lipinski definition) is 3. The molecule has 44 heavy (non-hydrogen) atoms. The molecular formula is C34H30F3N5OS. The zero-order valence-corrected chi connectivity index (χ0v) is 24.9. The maximum absolute atomic E-state index is 13.6. The van der Waals surface area contributed by atoms with Crippen LogP contribution in [0.1, 0.15) is 46.7 Å². The molecule has 0 unspecified atom stereocenters. The van der Waals surface area contributed by atoms with Crippen LogP contribution in [0.25, 0.3) is 16.5 Å². The molecule has 2 aromatic heterocycles. The summed E-state index contributed by atoms with van der Waals surface area (Å²) in [6.07, 6.45) is -2.57. The Morgan fingerprint density at radius 2 is 1.73 bits per heavy atom. The van der Waals surface area contributed by atoms with Crippen LogP contribution >= 0.6 is 12.2 Å². The third-order valence-corrected chi connectivity index (χ3v) is 8.41. The molecule has 1 fully saturated rings. The van der Waals surface area contributed by atoms with Crippen LogP contribution < -0.4 is 10.6 Å². The van der Waals surface area contributed by atoms with Crippen molar-refractivity contribution in [3.63, 3.8) is 0 Å². The summed E-state index contributed by atoms with van der Waals surface area (Å²) >= 11 is 5.80. The number of pyridine rings is 1. The lowest BCUT2D eigenvalue weighted by Gasteiger charge is -2.28. The Balaban J connectivity index is 1.32. The number of anilines is 1. The van der Waals surface area contributed by atoms with Crippen molar-refractivity contribution in [2.24, 2.45) is 0 Å². The van der Waals surface area contributed by atoms with E-state index in [1.165, 1.54) is 6.07 Å². The molecule has 3 aromatic carbocycles. The first kappa shape index (κ1) is 29.4. The first-order valence-corrected chi connectivity index (χ1v) is 14.6. The van der Waals surface area contributed by atoms with Gasteiger partial charge in [0.05, 0.1) is 23.3 Å². The first-order valence-electron chi connectivity index (χ1n) is 14.2. The summed E-state index contributed by atoms with van der Waals surface area (Å²) in [6.45, 7) is 4.09. The van der Waals surface area contributed by atoms with Gasteiger partial charge in [0.2, 0.25) is 5.91 Å². The fourth-order valence-electron chi connectivity index (χ4n) is 6.06. The quantitative estimate of drug-likeness (QED) is 0.185. The number of fused-ring (bicyclic) bond motifs is 1. The van der Waals surface area contributed by atoms with Crippen LogP contribution in [0, 0.1) is 13.8 Å². The molecule has 1 aliphatic heterocycles. The molecule has 2 N–H and O–H groups in total. The highest BCUT2D eigenvalue weighted by molar-refractivity contribution is 7.80. The lowest BCUT2D eigenvalue weighted by molar-refractivity contribution is -0.137. The third-order valence-electron chi connectivity index (χ3n) is 8.06. The predicted molar refractivity (Wildman–Crippen MR) is 170 cm³/mol. The summed E-state index contributed by atoms with van der Waals surface area (Å²) in [6, 6.07) is 25.9. The minimum absolute atomic E-state index is 0.154. The van der Waals surface area contributed by atoms with E-state index in [4.69, 9.17) is 12.2 Å². The van der Waals surface area contributed by atoms with E-state index in [-0.39, 0.29) is 24.4 Å². The highest BCUT2D eigenvalue weighted by atomic mass is 32.1.